The summed E-state index contributed by atoms with van der Waals surface area (Å²) in [6.07, 6.45) is 1.43. The van der Waals surface area contributed by atoms with E-state index in [2.05, 4.69) is 15.2 Å². The third-order valence-electron chi connectivity index (χ3n) is 3.28. The molecule has 0 aliphatic heterocycles. The molecular weight excluding hydrogens is 340 g/mol. The summed E-state index contributed by atoms with van der Waals surface area (Å²) in [5.41, 5.74) is 2.34. The fourth-order valence-electron chi connectivity index (χ4n) is 2.00. The molecule has 0 saturated heterocycles. The fraction of sp³-hybridized carbons (Fsp3) is 0.176. The number of rotatable bonds is 6. The van der Waals surface area contributed by atoms with Crippen molar-refractivity contribution in [3.05, 3.63) is 54.1 Å². The predicted octanol–water partition coefficient (Wildman–Crippen LogP) is 2.02. The van der Waals surface area contributed by atoms with Crippen LogP contribution < -0.4 is 15.0 Å². The Balaban J connectivity index is 2.04. The van der Waals surface area contributed by atoms with Gasteiger partial charge in [-0.2, -0.15) is 13.5 Å². The van der Waals surface area contributed by atoms with Crippen LogP contribution in [0.1, 0.15) is 12.5 Å². The van der Waals surface area contributed by atoms with Crippen LogP contribution in [0.25, 0.3) is 0 Å². The highest BCUT2D eigenvalue weighted by Gasteiger charge is 2.12. The maximum Gasteiger partial charge on any atom is 0.276 e. The summed E-state index contributed by atoms with van der Waals surface area (Å²) in [7, 11) is 0.112. The number of carbonyl (C=O) groups is 1. The second kappa shape index (κ2) is 7.80. The van der Waals surface area contributed by atoms with Crippen LogP contribution in [-0.2, 0) is 14.8 Å². The van der Waals surface area contributed by atoms with Gasteiger partial charge in [0.25, 0.3) is 10.0 Å². The number of nitrogens with one attached hydrogen (secondary N) is 2. The lowest BCUT2D eigenvalue weighted by Gasteiger charge is -2.11. The van der Waals surface area contributed by atoms with Gasteiger partial charge in [0.2, 0.25) is 5.91 Å². The molecule has 0 radical (unpaired) electrons. The van der Waals surface area contributed by atoms with Gasteiger partial charge in [0.15, 0.2) is 0 Å². The quantitative estimate of drug-likeness (QED) is 0.609. The molecule has 0 heterocycles. The number of hydrogen-bond acceptors (Lipinski definition) is 5. The number of sulfonamides is 1. The van der Waals surface area contributed by atoms with E-state index in [4.69, 9.17) is 0 Å². The molecule has 2 N–H and O–H groups in total. The minimum Gasteiger partial charge on any atom is -0.378 e. The van der Waals surface area contributed by atoms with Crippen LogP contribution >= 0.6 is 0 Å². The fourth-order valence-corrected chi connectivity index (χ4v) is 2.79. The molecule has 0 atom stereocenters. The molecule has 0 bridgehead atoms. The third-order valence-corrected chi connectivity index (χ3v) is 4.52. The number of benzene rings is 2. The lowest BCUT2D eigenvalue weighted by molar-refractivity contribution is -0.114. The van der Waals surface area contributed by atoms with Crippen molar-refractivity contribution in [1.29, 1.82) is 0 Å². The number of anilines is 2. The summed E-state index contributed by atoms with van der Waals surface area (Å²) in [5.74, 6) is -0.224. The van der Waals surface area contributed by atoms with Gasteiger partial charge < -0.3 is 10.2 Å². The lowest BCUT2D eigenvalue weighted by atomic mass is 10.2. The molecule has 0 aromatic heterocycles. The zero-order chi connectivity index (χ0) is 18.4. The van der Waals surface area contributed by atoms with Crippen LogP contribution in [0.4, 0.5) is 11.4 Å². The molecule has 0 aliphatic carbocycles. The van der Waals surface area contributed by atoms with Gasteiger partial charge in [-0.05, 0) is 42.0 Å². The molecule has 8 heteroatoms. The van der Waals surface area contributed by atoms with E-state index >= 15 is 0 Å². The summed E-state index contributed by atoms with van der Waals surface area (Å²) in [6.45, 7) is 1.38. The van der Waals surface area contributed by atoms with Crippen molar-refractivity contribution in [3.8, 4) is 0 Å². The normalized spacial score (nSPS) is 11.3. The van der Waals surface area contributed by atoms with Crippen molar-refractivity contribution < 1.29 is 13.2 Å². The Hall–Kier alpha value is -2.87. The predicted molar refractivity (Wildman–Crippen MR) is 99.4 cm³/mol. The van der Waals surface area contributed by atoms with E-state index in [1.165, 1.54) is 37.4 Å². The maximum atomic E-state index is 12.2. The van der Waals surface area contributed by atoms with Gasteiger partial charge in [0, 0.05) is 32.4 Å². The molecule has 0 saturated carbocycles. The van der Waals surface area contributed by atoms with Crippen molar-refractivity contribution in [3.63, 3.8) is 0 Å². The zero-order valence-corrected chi connectivity index (χ0v) is 15.0. The van der Waals surface area contributed by atoms with Crippen molar-refractivity contribution >= 4 is 33.5 Å². The molecule has 0 unspecified atom stereocenters. The second-order valence-corrected chi connectivity index (χ2v) is 7.21. The molecule has 132 valence electrons. The first kappa shape index (κ1) is 18.5. The molecule has 0 aliphatic rings. The van der Waals surface area contributed by atoms with Gasteiger partial charge in [-0.15, -0.1) is 0 Å². The van der Waals surface area contributed by atoms with Crippen molar-refractivity contribution in [2.45, 2.75) is 11.8 Å². The first-order valence-corrected chi connectivity index (χ1v) is 8.96. The maximum absolute atomic E-state index is 12.2. The number of hydrogen-bond donors (Lipinski definition) is 2. The molecule has 2 aromatic rings. The van der Waals surface area contributed by atoms with E-state index in [-0.39, 0.29) is 10.8 Å². The van der Waals surface area contributed by atoms with Crippen LogP contribution in [0.3, 0.4) is 0 Å². The summed E-state index contributed by atoms with van der Waals surface area (Å²) >= 11 is 0. The van der Waals surface area contributed by atoms with E-state index in [9.17, 15) is 13.2 Å². The molecule has 2 aromatic carbocycles. The highest BCUT2D eigenvalue weighted by molar-refractivity contribution is 7.89. The number of nitrogens with zero attached hydrogens (tertiary/aromatic N) is 2. The van der Waals surface area contributed by atoms with Crippen molar-refractivity contribution in [2.75, 3.05) is 24.3 Å². The Morgan fingerprint density at radius 1 is 1.04 bits per heavy atom. The Morgan fingerprint density at radius 2 is 1.64 bits per heavy atom. The smallest absolute Gasteiger partial charge is 0.276 e. The minimum atomic E-state index is -3.77. The average molecular weight is 360 g/mol. The molecule has 25 heavy (non-hydrogen) atoms. The second-order valence-electron chi connectivity index (χ2n) is 5.54. The molecule has 7 nitrogen and oxygen atoms in total. The van der Waals surface area contributed by atoms with Crippen LogP contribution in [0, 0.1) is 0 Å². The SMILES string of the molecule is CC(=O)Nc1ccc(S(=O)(=O)N/N=C/c2ccc(N(C)C)cc2)cc1. The highest BCUT2D eigenvalue weighted by Crippen LogP contribution is 2.14. The topological polar surface area (TPSA) is 90.9 Å². The first-order valence-electron chi connectivity index (χ1n) is 7.48. The first-order chi connectivity index (χ1) is 11.8. The summed E-state index contributed by atoms with van der Waals surface area (Å²) < 4.78 is 24.4. The van der Waals surface area contributed by atoms with Gasteiger partial charge in [0.1, 0.15) is 0 Å². The van der Waals surface area contributed by atoms with Gasteiger partial charge in [-0.1, -0.05) is 12.1 Å². The summed E-state index contributed by atoms with van der Waals surface area (Å²) in [5, 5.41) is 6.36. The third kappa shape index (κ3) is 5.32. The van der Waals surface area contributed by atoms with Gasteiger partial charge >= 0.3 is 0 Å². The van der Waals surface area contributed by atoms with Gasteiger partial charge in [-0.3, -0.25) is 4.79 Å². The van der Waals surface area contributed by atoms with E-state index < -0.39 is 10.0 Å². The average Bonchev–Trinajstić information content (AvgIpc) is 2.55. The van der Waals surface area contributed by atoms with Crippen molar-refractivity contribution in [1.82, 2.24) is 4.83 Å². The highest BCUT2D eigenvalue weighted by atomic mass is 32.2. The zero-order valence-electron chi connectivity index (χ0n) is 14.2. The summed E-state index contributed by atoms with van der Waals surface area (Å²) in [6, 6.07) is 13.3. The minimum absolute atomic E-state index is 0.0571. The molecule has 0 fully saturated rings. The van der Waals surface area contributed by atoms with E-state index in [1.54, 1.807) is 0 Å². The Labute approximate surface area is 147 Å². The molecule has 1 amide bonds. The Kier molecular flexibility index (Phi) is 5.76. The van der Waals surface area contributed by atoms with E-state index in [0.717, 1.165) is 11.3 Å². The van der Waals surface area contributed by atoms with E-state index in [0.29, 0.717) is 5.69 Å². The lowest BCUT2D eigenvalue weighted by Crippen LogP contribution is -2.18. The standard InChI is InChI=1S/C17H20N4O3S/c1-13(22)19-15-6-10-17(11-7-15)25(23,24)20-18-12-14-4-8-16(9-5-14)21(2)3/h4-12,20H,1-3H3,(H,19,22)/b18-12+. The van der Waals surface area contributed by atoms with Crippen LogP contribution in [0.5, 0.6) is 0 Å². The Morgan fingerprint density at radius 3 is 2.16 bits per heavy atom. The van der Waals surface area contributed by atoms with Gasteiger partial charge in [-0.25, -0.2) is 4.83 Å². The van der Waals surface area contributed by atoms with Crippen molar-refractivity contribution in [2.24, 2.45) is 5.10 Å². The largest absolute Gasteiger partial charge is 0.378 e. The number of carbonyl (C=O) groups excluding carboxylic acids is 1. The van der Waals surface area contributed by atoms with Crippen LogP contribution in [0.15, 0.2) is 58.5 Å². The summed E-state index contributed by atoms with van der Waals surface area (Å²) in [4.78, 5) is 15.2. The van der Waals surface area contributed by atoms with Crippen LogP contribution in [-0.4, -0.2) is 34.6 Å². The number of hydrazone groups is 1. The molecular formula is C17H20N4O3S. The van der Waals surface area contributed by atoms with E-state index in [1.807, 2.05) is 43.3 Å². The molecule has 0 spiro atoms. The Bertz CT molecular complexity index is 858. The monoisotopic (exact) mass is 360 g/mol. The van der Waals surface area contributed by atoms with Gasteiger partial charge in [0.05, 0.1) is 11.1 Å². The van der Waals surface area contributed by atoms with Crippen LogP contribution in [0.2, 0.25) is 0 Å². The molecule has 2 rings (SSSR count). The number of amides is 1.